The van der Waals surface area contributed by atoms with Crippen molar-refractivity contribution in [1.29, 1.82) is 0 Å². The number of hydrazine groups is 1. The summed E-state index contributed by atoms with van der Waals surface area (Å²) in [6.07, 6.45) is 0. The highest BCUT2D eigenvalue weighted by Gasteiger charge is 2.35. The van der Waals surface area contributed by atoms with Crippen molar-refractivity contribution in [3.63, 3.8) is 0 Å². The van der Waals surface area contributed by atoms with Gasteiger partial charge in [-0.1, -0.05) is 42.5 Å². The van der Waals surface area contributed by atoms with E-state index < -0.39 is 0 Å². The lowest BCUT2D eigenvalue weighted by Crippen LogP contribution is -2.35. The Bertz CT molecular complexity index is 883. The topological polar surface area (TPSA) is 49.4 Å². The van der Waals surface area contributed by atoms with Gasteiger partial charge in [0, 0.05) is 0 Å². The lowest BCUT2D eigenvalue weighted by atomic mass is 10.1. The van der Waals surface area contributed by atoms with Crippen molar-refractivity contribution in [3.8, 4) is 0 Å². The van der Waals surface area contributed by atoms with E-state index in [9.17, 15) is 9.59 Å². The highest BCUT2D eigenvalue weighted by atomic mass is 16.2. The molecule has 0 atom stereocenters. The van der Waals surface area contributed by atoms with Crippen molar-refractivity contribution in [2.75, 3.05) is 5.43 Å². The molecule has 3 aromatic carbocycles. The number of nitrogens with one attached hydrogen (secondary N) is 1. The van der Waals surface area contributed by atoms with Gasteiger partial charge in [0.25, 0.3) is 11.8 Å². The van der Waals surface area contributed by atoms with E-state index in [0.29, 0.717) is 16.8 Å². The largest absolute Gasteiger partial charge is 0.288 e. The van der Waals surface area contributed by atoms with Gasteiger partial charge >= 0.3 is 0 Å². The SMILES string of the molecule is O=C1c2ccccc2C(=O)N1Nc1ccc2ccccc2c1. The van der Waals surface area contributed by atoms with Crippen LogP contribution in [-0.2, 0) is 0 Å². The first-order valence-electron chi connectivity index (χ1n) is 6.97. The molecule has 0 bridgehead atoms. The monoisotopic (exact) mass is 288 g/mol. The van der Waals surface area contributed by atoms with Crippen LogP contribution in [0.1, 0.15) is 20.7 Å². The third-order valence-electron chi connectivity index (χ3n) is 3.78. The van der Waals surface area contributed by atoms with Gasteiger partial charge in [0.15, 0.2) is 0 Å². The second-order valence-corrected chi connectivity index (χ2v) is 5.17. The van der Waals surface area contributed by atoms with E-state index in [-0.39, 0.29) is 11.8 Å². The van der Waals surface area contributed by atoms with E-state index in [1.807, 2.05) is 42.5 Å². The molecule has 1 heterocycles. The number of amides is 2. The van der Waals surface area contributed by atoms with Gasteiger partial charge in [-0.2, -0.15) is 5.01 Å². The van der Waals surface area contributed by atoms with Crippen molar-refractivity contribution in [3.05, 3.63) is 77.9 Å². The molecule has 1 aliphatic heterocycles. The molecule has 1 N–H and O–H groups in total. The first-order valence-corrected chi connectivity index (χ1v) is 6.97. The van der Waals surface area contributed by atoms with Gasteiger partial charge in [0.05, 0.1) is 16.8 Å². The fourth-order valence-electron chi connectivity index (χ4n) is 2.68. The Morgan fingerprint density at radius 3 is 1.95 bits per heavy atom. The van der Waals surface area contributed by atoms with Gasteiger partial charge in [-0.25, -0.2) is 0 Å². The third-order valence-corrected chi connectivity index (χ3v) is 3.78. The quantitative estimate of drug-likeness (QED) is 0.735. The number of hydrogen-bond donors (Lipinski definition) is 1. The summed E-state index contributed by atoms with van der Waals surface area (Å²) in [5, 5.41) is 3.22. The highest BCUT2D eigenvalue weighted by molar-refractivity contribution is 6.21. The number of hydrogen-bond acceptors (Lipinski definition) is 3. The average molecular weight is 288 g/mol. The molecule has 4 heteroatoms. The summed E-state index contributed by atoms with van der Waals surface area (Å²) in [6.45, 7) is 0. The molecule has 4 nitrogen and oxygen atoms in total. The first kappa shape index (κ1) is 12.6. The van der Waals surface area contributed by atoms with Gasteiger partial charge in [-0.15, -0.1) is 0 Å². The number of carbonyl (C=O) groups is 2. The molecule has 0 radical (unpaired) electrons. The highest BCUT2D eigenvalue weighted by Crippen LogP contribution is 2.25. The Labute approximate surface area is 126 Å². The molecule has 0 unspecified atom stereocenters. The van der Waals surface area contributed by atoms with Crippen molar-refractivity contribution >= 4 is 28.3 Å². The summed E-state index contributed by atoms with van der Waals surface area (Å²) in [5.74, 6) is -0.650. The number of imide groups is 1. The number of benzene rings is 3. The minimum Gasteiger partial charge on any atom is -0.288 e. The Kier molecular flexibility index (Phi) is 2.69. The fourth-order valence-corrected chi connectivity index (χ4v) is 2.68. The number of fused-ring (bicyclic) bond motifs is 2. The van der Waals surface area contributed by atoms with Crippen LogP contribution in [0, 0.1) is 0 Å². The molecule has 0 saturated carbocycles. The molecule has 106 valence electrons. The molecule has 0 saturated heterocycles. The molecule has 2 amide bonds. The summed E-state index contributed by atoms with van der Waals surface area (Å²) in [5.41, 5.74) is 4.48. The van der Waals surface area contributed by atoms with Crippen LogP contribution in [-0.4, -0.2) is 16.8 Å². The number of anilines is 1. The van der Waals surface area contributed by atoms with Crippen LogP contribution < -0.4 is 5.43 Å². The Morgan fingerprint density at radius 2 is 1.27 bits per heavy atom. The number of carbonyl (C=O) groups excluding carboxylic acids is 2. The lowest BCUT2D eigenvalue weighted by molar-refractivity contribution is 0.0691. The standard InChI is InChI=1S/C18H12N2O2/c21-17-15-7-3-4-8-16(15)18(22)20(17)19-14-10-9-12-5-1-2-6-13(12)11-14/h1-11,19H. The first-order chi connectivity index (χ1) is 10.7. The van der Waals surface area contributed by atoms with E-state index in [2.05, 4.69) is 5.43 Å². The van der Waals surface area contributed by atoms with Crippen LogP contribution in [0.5, 0.6) is 0 Å². The normalized spacial score (nSPS) is 13.5. The van der Waals surface area contributed by atoms with Crippen molar-refractivity contribution in [2.24, 2.45) is 0 Å². The fraction of sp³-hybridized carbons (Fsp3) is 0. The van der Waals surface area contributed by atoms with E-state index in [1.165, 1.54) is 0 Å². The molecule has 0 spiro atoms. The summed E-state index contributed by atoms with van der Waals surface area (Å²) in [7, 11) is 0. The predicted octanol–water partition coefficient (Wildman–Crippen LogP) is 3.46. The summed E-state index contributed by atoms with van der Waals surface area (Å²) in [6, 6.07) is 20.5. The zero-order valence-electron chi connectivity index (χ0n) is 11.6. The molecular weight excluding hydrogens is 276 g/mol. The van der Waals surface area contributed by atoms with Crippen LogP contribution >= 0.6 is 0 Å². The van der Waals surface area contributed by atoms with Gasteiger partial charge < -0.3 is 0 Å². The van der Waals surface area contributed by atoms with Crippen molar-refractivity contribution in [1.82, 2.24) is 5.01 Å². The maximum atomic E-state index is 12.3. The van der Waals surface area contributed by atoms with Gasteiger partial charge in [-0.05, 0) is 35.0 Å². The van der Waals surface area contributed by atoms with E-state index in [0.717, 1.165) is 15.8 Å². The van der Waals surface area contributed by atoms with Gasteiger partial charge in [0.1, 0.15) is 0 Å². The predicted molar refractivity (Wildman–Crippen MR) is 84.5 cm³/mol. The Hall–Kier alpha value is -3.14. The molecule has 0 fully saturated rings. The zero-order chi connectivity index (χ0) is 15.1. The van der Waals surface area contributed by atoms with Crippen LogP contribution in [0.3, 0.4) is 0 Å². The Balaban J connectivity index is 1.69. The molecule has 22 heavy (non-hydrogen) atoms. The maximum Gasteiger partial charge on any atom is 0.280 e. The molecule has 0 aromatic heterocycles. The van der Waals surface area contributed by atoms with Gasteiger partial charge in [0.2, 0.25) is 0 Å². The number of rotatable bonds is 2. The second-order valence-electron chi connectivity index (χ2n) is 5.17. The summed E-state index contributed by atoms with van der Waals surface area (Å²) < 4.78 is 0. The molecule has 0 aliphatic carbocycles. The smallest absolute Gasteiger partial charge is 0.280 e. The average Bonchev–Trinajstić information content (AvgIpc) is 2.80. The van der Waals surface area contributed by atoms with E-state index in [1.54, 1.807) is 24.3 Å². The number of nitrogens with zero attached hydrogens (tertiary/aromatic N) is 1. The Morgan fingerprint density at radius 1 is 0.682 bits per heavy atom. The lowest BCUT2D eigenvalue weighted by Gasteiger charge is -2.16. The van der Waals surface area contributed by atoms with Crippen LogP contribution in [0.15, 0.2) is 66.7 Å². The van der Waals surface area contributed by atoms with Crippen LogP contribution in [0.25, 0.3) is 10.8 Å². The minimum atomic E-state index is -0.325. The minimum absolute atomic E-state index is 0.325. The van der Waals surface area contributed by atoms with E-state index in [4.69, 9.17) is 0 Å². The molecule has 3 aromatic rings. The maximum absolute atomic E-state index is 12.3. The van der Waals surface area contributed by atoms with Gasteiger partial charge in [-0.3, -0.25) is 15.0 Å². The third kappa shape index (κ3) is 1.85. The van der Waals surface area contributed by atoms with Crippen LogP contribution in [0.2, 0.25) is 0 Å². The summed E-state index contributed by atoms with van der Waals surface area (Å²) in [4.78, 5) is 24.6. The van der Waals surface area contributed by atoms with Crippen molar-refractivity contribution in [2.45, 2.75) is 0 Å². The molecular formula is C18H12N2O2. The second kappa shape index (κ2) is 4.70. The van der Waals surface area contributed by atoms with Crippen molar-refractivity contribution < 1.29 is 9.59 Å². The zero-order valence-corrected chi connectivity index (χ0v) is 11.6. The van der Waals surface area contributed by atoms with Crippen LogP contribution in [0.4, 0.5) is 5.69 Å². The van der Waals surface area contributed by atoms with E-state index >= 15 is 0 Å². The molecule has 1 aliphatic rings. The molecule has 4 rings (SSSR count). The summed E-state index contributed by atoms with van der Waals surface area (Å²) >= 11 is 0.